The van der Waals surface area contributed by atoms with E-state index in [-0.39, 0.29) is 11.9 Å². The number of aryl methyl sites for hydroxylation is 1. The van der Waals surface area contributed by atoms with Gasteiger partial charge in [-0.15, -0.1) is 0 Å². The van der Waals surface area contributed by atoms with Gasteiger partial charge in [-0.25, -0.2) is 0 Å². The summed E-state index contributed by atoms with van der Waals surface area (Å²) in [4.78, 5) is 19.9. The highest BCUT2D eigenvalue weighted by atomic mass is 16.5. The monoisotopic (exact) mass is 471 g/mol. The van der Waals surface area contributed by atoms with E-state index in [1.807, 2.05) is 55.6 Å². The van der Waals surface area contributed by atoms with Crippen molar-refractivity contribution in [2.45, 2.75) is 32.7 Å². The Labute approximate surface area is 207 Å². The van der Waals surface area contributed by atoms with E-state index in [0.717, 1.165) is 66.1 Å². The average Bonchev–Trinajstić information content (AvgIpc) is 3.35. The molecule has 2 aromatic carbocycles. The molecule has 0 aliphatic carbocycles. The molecule has 0 bridgehead atoms. The van der Waals surface area contributed by atoms with E-state index in [2.05, 4.69) is 34.4 Å². The largest absolute Gasteiger partial charge is 0.457 e. The van der Waals surface area contributed by atoms with Gasteiger partial charge in [0.15, 0.2) is 0 Å². The molecule has 1 aliphatic rings. The van der Waals surface area contributed by atoms with E-state index in [4.69, 9.17) is 10.1 Å². The van der Waals surface area contributed by atoms with Crippen LogP contribution >= 0.6 is 0 Å². The van der Waals surface area contributed by atoms with Crippen LogP contribution in [0.4, 0.5) is 5.69 Å². The highest BCUT2D eigenvalue weighted by Gasteiger charge is 2.24. The maximum absolute atomic E-state index is 13.0. The third-order valence-corrected chi connectivity index (χ3v) is 6.50. The van der Waals surface area contributed by atoms with Crippen molar-refractivity contribution in [1.82, 2.24) is 15.2 Å². The van der Waals surface area contributed by atoms with Gasteiger partial charge in [0, 0.05) is 73.1 Å². The number of nitrogens with zero attached hydrogens (tertiary/aromatic N) is 2. The number of nitrogens with one attached hydrogen (secondary N) is 3. The number of hydrogen-bond acceptors (Lipinski definition) is 6. The Morgan fingerprint density at radius 1 is 1.17 bits per heavy atom. The summed E-state index contributed by atoms with van der Waals surface area (Å²) in [6.45, 7) is 7.18. The highest BCUT2D eigenvalue weighted by molar-refractivity contribution is 5.96. The standard InChI is InChI=1S/C28H33N5O2/c1-4-19-14-20(7-9-25(19)28(34)32-22-11-13-33(5-2)18-22)27-16-24(10-12-31-27)35-23-8-6-21(17-29)26(15-23)30-3/h6-10,12,14-17,22,29-30H,4-5,11,13,18H2,1-3H3,(H,32,34). The minimum absolute atomic E-state index is 0.00453. The van der Waals surface area contributed by atoms with Gasteiger partial charge in [-0.05, 0) is 55.3 Å². The number of amides is 1. The first-order valence-electron chi connectivity index (χ1n) is 12.2. The second kappa shape index (κ2) is 11.1. The number of benzene rings is 2. The van der Waals surface area contributed by atoms with Crippen LogP contribution in [0, 0.1) is 5.41 Å². The fraction of sp³-hybridized carbons (Fsp3) is 0.321. The Kier molecular flexibility index (Phi) is 7.77. The number of aromatic nitrogens is 1. The van der Waals surface area contributed by atoms with Crippen molar-refractivity contribution in [3.8, 4) is 22.8 Å². The number of likely N-dealkylation sites (tertiary alicyclic amines) is 1. The second-order valence-corrected chi connectivity index (χ2v) is 8.70. The number of likely N-dealkylation sites (N-methyl/N-ethyl adjacent to an activating group) is 1. The molecule has 7 heteroatoms. The Morgan fingerprint density at radius 3 is 2.71 bits per heavy atom. The minimum atomic E-state index is -0.00453. The molecule has 0 radical (unpaired) electrons. The van der Waals surface area contributed by atoms with Gasteiger partial charge in [-0.1, -0.05) is 19.9 Å². The van der Waals surface area contributed by atoms with Crippen LogP contribution in [0.1, 0.15) is 41.8 Å². The third kappa shape index (κ3) is 5.69. The molecule has 1 unspecified atom stereocenters. The summed E-state index contributed by atoms with van der Waals surface area (Å²) >= 11 is 0. The zero-order chi connectivity index (χ0) is 24.8. The van der Waals surface area contributed by atoms with Crippen molar-refractivity contribution in [2.75, 3.05) is 32.0 Å². The van der Waals surface area contributed by atoms with E-state index in [1.54, 1.807) is 6.20 Å². The number of rotatable bonds is 9. The summed E-state index contributed by atoms with van der Waals surface area (Å²) < 4.78 is 6.07. The van der Waals surface area contributed by atoms with Crippen molar-refractivity contribution in [1.29, 1.82) is 5.41 Å². The smallest absolute Gasteiger partial charge is 0.251 e. The Morgan fingerprint density at radius 2 is 2.00 bits per heavy atom. The molecule has 0 spiro atoms. The molecular formula is C28H33N5O2. The van der Waals surface area contributed by atoms with Crippen LogP contribution in [0.2, 0.25) is 0 Å². The van der Waals surface area contributed by atoms with Crippen molar-refractivity contribution < 1.29 is 9.53 Å². The van der Waals surface area contributed by atoms with Gasteiger partial charge < -0.3 is 25.7 Å². The van der Waals surface area contributed by atoms with Gasteiger partial charge >= 0.3 is 0 Å². The van der Waals surface area contributed by atoms with Crippen molar-refractivity contribution in [2.24, 2.45) is 0 Å². The van der Waals surface area contributed by atoms with Gasteiger partial charge in [0.2, 0.25) is 0 Å². The van der Waals surface area contributed by atoms with Crippen LogP contribution in [0.5, 0.6) is 11.5 Å². The first-order chi connectivity index (χ1) is 17.0. The Balaban J connectivity index is 1.52. The molecule has 7 nitrogen and oxygen atoms in total. The lowest BCUT2D eigenvalue weighted by atomic mass is 9.99. The zero-order valence-corrected chi connectivity index (χ0v) is 20.6. The van der Waals surface area contributed by atoms with Crippen molar-refractivity contribution in [3.05, 3.63) is 71.4 Å². The third-order valence-electron chi connectivity index (χ3n) is 6.50. The van der Waals surface area contributed by atoms with Crippen LogP contribution < -0.4 is 15.4 Å². The fourth-order valence-electron chi connectivity index (χ4n) is 4.48. The molecule has 3 aromatic rings. The lowest BCUT2D eigenvalue weighted by molar-refractivity contribution is 0.0937. The molecule has 0 saturated carbocycles. The number of pyridine rings is 1. The summed E-state index contributed by atoms with van der Waals surface area (Å²) in [5, 5.41) is 13.8. The normalized spacial score (nSPS) is 15.6. The highest BCUT2D eigenvalue weighted by Crippen LogP contribution is 2.29. The predicted octanol–water partition coefficient (Wildman–Crippen LogP) is 4.97. The fourth-order valence-corrected chi connectivity index (χ4v) is 4.48. The van der Waals surface area contributed by atoms with E-state index in [0.29, 0.717) is 11.5 Å². The molecule has 1 aromatic heterocycles. The van der Waals surface area contributed by atoms with Crippen LogP contribution in [-0.4, -0.2) is 54.7 Å². The molecule has 182 valence electrons. The van der Waals surface area contributed by atoms with E-state index in [9.17, 15) is 4.79 Å². The molecule has 1 amide bonds. The molecule has 3 N–H and O–H groups in total. The van der Waals surface area contributed by atoms with Gasteiger partial charge in [0.1, 0.15) is 11.5 Å². The van der Waals surface area contributed by atoms with Gasteiger partial charge in [0.25, 0.3) is 5.91 Å². The van der Waals surface area contributed by atoms with Crippen LogP contribution in [0.15, 0.2) is 54.7 Å². The minimum Gasteiger partial charge on any atom is -0.457 e. The van der Waals surface area contributed by atoms with Crippen molar-refractivity contribution >= 4 is 17.8 Å². The molecule has 4 rings (SSSR count). The molecular weight excluding hydrogens is 438 g/mol. The summed E-state index contributed by atoms with van der Waals surface area (Å²) in [5.74, 6) is 1.34. The average molecular weight is 472 g/mol. The summed E-state index contributed by atoms with van der Waals surface area (Å²) in [5.41, 5.74) is 5.07. The number of anilines is 1. The van der Waals surface area contributed by atoms with E-state index in [1.165, 1.54) is 6.21 Å². The summed E-state index contributed by atoms with van der Waals surface area (Å²) in [6, 6.07) is 15.4. The van der Waals surface area contributed by atoms with Crippen LogP contribution in [0.3, 0.4) is 0 Å². The van der Waals surface area contributed by atoms with Gasteiger partial charge in [-0.3, -0.25) is 9.78 Å². The summed E-state index contributed by atoms with van der Waals surface area (Å²) in [6.07, 6.45) is 4.78. The molecule has 1 fully saturated rings. The second-order valence-electron chi connectivity index (χ2n) is 8.70. The van der Waals surface area contributed by atoms with Gasteiger partial charge in [0.05, 0.1) is 5.69 Å². The number of carbonyl (C=O) groups is 1. The Hall–Kier alpha value is -3.71. The lowest BCUT2D eigenvalue weighted by Gasteiger charge is -2.16. The van der Waals surface area contributed by atoms with Crippen molar-refractivity contribution in [3.63, 3.8) is 0 Å². The maximum atomic E-state index is 13.0. The topological polar surface area (TPSA) is 90.3 Å². The molecule has 2 heterocycles. The number of hydrogen-bond donors (Lipinski definition) is 3. The molecule has 1 saturated heterocycles. The van der Waals surface area contributed by atoms with E-state index >= 15 is 0 Å². The van der Waals surface area contributed by atoms with Crippen LogP contribution in [0.25, 0.3) is 11.3 Å². The predicted molar refractivity (Wildman–Crippen MR) is 141 cm³/mol. The molecule has 35 heavy (non-hydrogen) atoms. The van der Waals surface area contributed by atoms with Crippen LogP contribution in [-0.2, 0) is 6.42 Å². The van der Waals surface area contributed by atoms with Gasteiger partial charge in [-0.2, -0.15) is 0 Å². The Bertz CT molecular complexity index is 1210. The number of ether oxygens (including phenoxy) is 1. The lowest BCUT2D eigenvalue weighted by Crippen LogP contribution is -2.37. The molecule has 1 atom stereocenters. The molecule has 1 aliphatic heterocycles. The number of carbonyl (C=O) groups excluding carboxylic acids is 1. The maximum Gasteiger partial charge on any atom is 0.251 e. The zero-order valence-electron chi connectivity index (χ0n) is 20.6. The summed E-state index contributed by atoms with van der Waals surface area (Å²) in [7, 11) is 1.82. The quantitative estimate of drug-likeness (QED) is 0.384. The first-order valence-corrected chi connectivity index (χ1v) is 12.2. The SMILES string of the molecule is CCc1cc(-c2cc(Oc3ccc(C=N)c(NC)c3)ccn2)ccc1C(=O)NC1CCN(CC)C1. The first kappa shape index (κ1) is 24.4. The van der Waals surface area contributed by atoms with E-state index < -0.39 is 0 Å².